The van der Waals surface area contributed by atoms with Crippen molar-refractivity contribution in [1.29, 1.82) is 0 Å². The lowest BCUT2D eigenvalue weighted by molar-refractivity contribution is -0.143. The van der Waals surface area contributed by atoms with Crippen molar-refractivity contribution in [3.05, 3.63) is 0 Å². The molecular formula is C27H48N8O8. The summed E-state index contributed by atoms with van der Waals surface area (Å²) in [5, 5.41) is 32.0. The zero-order valence-corrected chi connectivity index (χ0v) is 25.4. The largest absolute Gasteiger partial charge is 0.481 e. The van der Waals surface area contributed by atoms with E-state index >= 15 is 0 Å². The smallest absolute Gasteiger partial charge is 0.326 e. The van der Waals surface area contributed by atoms with E-state index in [0.29, 0.717) is 19.4 Å². The van der Waals surface area contributed by atoms with Gasteiger partial charge in [-0.15, -0.1) is 0 Å². The number of carbonyl (C=O) groups is 6. The maximum Gasteiger partial charge on any atom is 0.326 e. The maximum atomic E-state index is 13.3. The first kappa shape index (κ1) is 37.1. The maximum absolute atomic E-state index is 13.3. The Kier molecular flexibility index (Phi) is 16.0. The highest BCUT2D eigenvalue weighted by Gasteiger charge is 2.33. The Morgan fingerprint density at radius 2 is 1.33 bits per heavy atom. The van der Waals surface area contributed by atoms with Gasteiger partial charge in [-0.05, 0) is 56.9 Å². The number of hydrogen-bond donors (Lipinski definition) is 9. The number of carbonyl (C=O) groups excluding carboxylic acids is 4. The molecule has 16 nitrogen and oxygen atoms in total. The Balaban J connectivity index is 3.04. The summed E-state index contributed by atoms with van der Waals surface area (Å²) in [5.41, 5.74) is 10.5. The number of amides is 4. The third kappa shape index (κ3) is 14.7. The molecule has 0 aromatic heterocycles. The Morgan fingerprint density at radius 3 is 1.79 bits per heavy atom. The summed E-state index contributed by atoms with van der Waals surface area (Å²) >= 11 is 0. The van der Waals surface area contributed by atoms with Crippen molar-refractivity contribution in [2.75, 3.05) is 13.1 Å². The number of rotatable bonds is 19. The van der Waals surface area contributed by atoms with Gasteiger partial charge in [0.15, 0.2) is 5.96 Å². The summed E-state index contributed by atoms with van der Waals surface area (Å²) in [4.78, 5) is 79.3. The van der Waals surface area contributed by atoms with E-state index in [1.807, 2.05) is 27.7 Å². The lowest BCUT2D eigenvalue weighted by Gasteiger charge is -2.27. The fourth-order valence-electron chi connectivity index (χ4n) is 4.55. The SMILES string of the molecule is CC(C)C[C@H](NC(=O)[C@@H]1CCCN1)C(=O)N[C@@H](CC(C)C)C(=O)N[C@@H](CC(=O)O)C(=O)N[C@@H](CCCN=C(N)N)C(=O)O. The summed E-state index contributed by atoms with van der Waals surface area (Å²) in [6.45, 7) is 8.22. The number of aliphatic imine (C=N–C) groups is 1. The molecule has 1 aliphatic heterocycles. The summed E-state index contributed by atoms with van der Waals surface area (Å²) in [7, 11) is 0. The topological polar surface area (TPSA) is 267 Å². The van der Waals surface area contributed by atoms with Crippen LogP contribution in [0.1, 0.15) is 72.6 Å². The minimum atomic E-state index is -1.63. The average molecular weight is 613 g/mol. The summed E-state index contributed by atoms with van der Waals surface area (Å²) < 4.78 is 0. The highest BCUT2D eigenvalue weighted by atomic mass is 16.4. The van der Waals surface area contributed by atoms with Crippen LogP contribution < -0.4 is 38.1 Å². The van der Waals surface area contributed by atoms with Gasteiger partial charge >= 0.3 is 11.9 Å². The molecule has 1 aliphatic rings. The van der Waals surface area contributed by atoms with E-state index in [-0.39, 0.29) is 49.5 Å². The highest BCUT2D eigenvalue weighted by molar-refractivity contribution is 5.96. The second-order valence-corrected chi connectivity index (χ2v) is 11.5. The van der Waals surface area contributed by atoms with Crippen molar-refractivity contribution in [2.24, 2.45) is 28.3 Å². The zero-order valence-electron chi connectivity index (χ0n) is 25.4. The van der Waals surface area contributed by atoms with Crippen LogP contribution in [0.2, 0.25) is 0 Å². The van der Waals surface area contributed by atoms with Crippen LogP contribution in [0, 0.1) is 11.8 Å². The molecule has 1 rings (SSSR count). The summed E-state index contributed by atoms with van der Waals surface area (Å²) in [5.74, 6) is -5.75. The molecule has 0 aromatic carbocycles. The molecule has 0 saturated carbocycles. The third-order valence-electron chi connectivity index (χ3n) is 6.63. The Bertz CT molecular complexity index is 1010. The van der Waals surface area contributed by atoms with Gasteiger partial charge in [-0.3, -0.25) is 29.0 Å². The van der Waals surface area contributed by atoms with Crippen molar-refractivity contribution in [2.45, 2.75) is 103 Å². The van der Waals surface area contributed by atoms with E-state index in [4.69, 9.17) is 11.5 Å². The Labute approximate surface area is 251 Å². The number of nitrogens with zero attached hydrogens (tertiary/aromatic N) is 1. The molecule has 16 heteroatoms. The van der Waals surface area contributed by atoms with Crippen molar-refractivity contribution in [1.82, 2.24) is 26.6 Å². The van der Waals surface area contributed by atoms with E-state index in [1.54, 1.807) is 0 Å². The number of carboxylic acid groups (broad SMARTS) is 2. The lowest BCUT2D eigenvalue weighted by Crippen LogP contribution is -2.59. The van der Waals surface area contributed by atoms with Crippen LogP contribution in [0.3, 0.4) is 0 Å². The predicted octanol–water partition coefficient (Wildman–Crippen LogP) is -1.62. The van der Waals surface area contributed by atoms with Gasteiger partial charge < -0.3 is 48.3 Å². The second kappa shape index (κ2) is 18.6. The molecule has 0 bridgehead atoms. The monoisotopic (exact) mass is 612 g/mol. The molecule has 4 amide bonds. The summed E-state index contributed by atoms with van der Waals surface area (Å²) in [6.07, 6.45) is 1.26. The van der Waals surface area contributed by atoms with Crippen molar-refractivity contribution in [3.63, 3.8) is 0 Å². The average Bonchev–Trinajstić information content (AvgIpc) is 3.43. The standard InChI is InChI=1S/C27H48N8O8/c1-14(2)11-18(33-22(38)16-7-5-9-30-16)23(39)34-19(12-15(3)4)24(40)35-20(13-21(36)37)25(41)32-17(26(42)43)8-6-10-31-27(28)29/h14-20,30H,5-13H2,1-4H3,(H,32,41)(H,33,38)(H,34,39)(H,35,40)(H,36,37)(H,42,43)(H4,28,29,31)/t16-,17-,18-,19-,20-/m0/s1. The van der Waals surface area contributed by atoms with Crippen LogP contribution in [-0.4, -0.2) is 95.0 Å². The van der Waals surface area contributed by atoms with Crippen LogP contribution in [0.15, 0.2) is 4.99 Å². The number of hydrogen-bond acceptors (Lipinski definition) is 8. The highest BCUT2D eigenvalue weighted by Crippen LogP contribution is 2.12. The molecule has 1 heterocycles. The quantitative estimate of drug-likeness (QED) is 0.0454. The molecule has 0 unspecified atom stereocenters. The number of nitrogens with two attached hydrogens (primary N) is 2. The molecule has 0 spiro atoms. The van der Waals surface area contributed by atoms with E-state index in [1.165, 1.54) is 0 Å². The first-order chi connectivity index (χ1) is 20.1. The van der Waals surface area contributed by atoms with E-state index in [2.05, 4.69) is 31.6 Å². The Hall–Kier alpha value is -3.95. The molecule has 0 aliphatic carbocycles. The van der Waals surface area contributed by atoms with Crippen LogP contribution in [0.5, 0.6) is 0 Å². The van der Waals surface area contributed by atoms with Gasteiger partial charge in [-0.1, -0.05) is 27.7 Å². The minimum absolute atomic E-state index is 0.0373. The number of carboxylic acids is 2. The van der Waals surface area contributed by atoms with Gasteiger partial charge in [-0.2, -0.15) is 0 Å². The Morgan fingerprint density at radius 1 is 0.814 bits per heavy atom. The fourth-order valence-corrected chi connectivity index (χ4v) is 4.55. The van der Waals surface area contributed by atoms with Gasteiger partial charge in [-0.25, -0.2) is 4.79 Å². The van der Waals surface area contributed by atoms with E-state index in [0.717, 1.165) is 6.42 Å². The molecule has 1 saturated heterocycles. The third-order valence-corrected chi connectivity index (χ3v) is 6.63. The second-order valence-electron chi connectivity index (χ2n) is 11.5. The van der Waals surface area contributed by atoms with Crippen LogP contribution in [-0.2, 0) is 28.8 Å². The van der Waals surface area contributed by atoms with Crippen LogP contribution in [0.4, 0.5) is 0 Å². The molecule has 5 atom stereocenters. The van der Waals surface area contributed by atoms with Gasteiger partial charge in [0, 0.05) is 6.54 Å². The minimum Gasteiger partial charge on any atom is -0.481 e. The normalized spacial score (nSPS) is 17.3. The first-order valence-corrected chi connectivity index (χ1v) is 14.6. The number of aliphatic carboxylic acids is 2. The van der Waals surface area contributed by atoms with E-state index < -0.39 is 66.3 Å². The summed E-state index contributed by atoms with van der Waals surface area (Å²) in [6, 6.07) is -5.52. The van der Waals surface area contributed by atoms with Crippen molar-refractivity contribution < 1.29 is 39.0 Å². The number of guanidine groups is 1. The first-order valence-electron chi connectivity index (χ1n) is 14.6. The number of nitrogens with one attached hydrogen (secondary N) is 5. The molecule has 43 heavy (non-hydrogen) atoms. The molecule has 244 valence electrons. The predicted molar refractivity (Wildman–Crippen MR) is 157 cm³/mol. The molecule has 0 radical (unpaired) electrons. The zero-order chi connectivity index (χ0) is 32.7. The lowest BCUT2D eigenvalue weighted by atomic mass is 9.99. The molecule has 0 aromatic rings. The molecular weight excluding hydrogens is 564 g/mol. The molecule has 1 fully saturated rings. The van der Waals surface area contributed by atoms with Crippen LogP contribution >= 0.6 is 0 Å². The van der Waals surface area contributed by atoms with E-state index in [9.17, 15) is 39.0 Å². The van der Waals surface area contributed by atoms with Crippen molar-refractivity contribution in [3.8, 4) is 0 Å². The molecule has 11 N–H and O–H groups in total. The van der Waals surface area contributed by atoms with Crippen molar-refractivity contribution >= 4 is 41.5 Å². The van der Waals surface area contributed by atoms with Gasteiger partial charge in [0.05, 0.1) is 12.5 Å². The fraction of sp³-hybridized carbons (Fsp3) is 0.741. The van der Waals surface area contributed by atoms with Gasteiger partial charge in [0.25, 0.3) is 0 Å². The van der Waals surface area contributed by atoms with Gasteiger partial charge in [0.2, 0.25) is 23.6 Å². The van der Waals surface area contributed by atoms with Crippen LogP contribution in [0.25, 0.3) is 0 Å². The van der Waals surface area contributed by atoms with Gasteiger partial charge in [0.1, 0.15) is 24.2 Å².